The standard InChI is InChI=1S/C31H32F3N7O/c1-4-27-38-26(28-29(35)36-11-12-41(27)28)10-7-21-17-20(2)5-9-24(21)30(42)37-23-8-6-22(25(18-23)31(32,33)34)19-40-15-13-39(3)14-16-40/h5-6,8-9,11-12,17-18H,4,13-16,19H2,1-3H3,(H2,35,36)(H,37,42). The second-order valence-corrected chi connectivity index (χ2v) is 10.5. The molecule has 0 spiro atoms. The minimum absolute atomic E-state index is 0.0560. The fourth-order valence-corrected chi connectivity index (χ4v) is 5.05. The van der Waals surface area contributed by atoms with E-state index in [1.807, 2.05) is 30.2 Å². The molecule has 11 heteroatoms. The molecule has 4 aromatic rings. The van der Waals surface area contributed by atoms with E-state index in [0.717, 1.165) is 30.5 Å². The first-order chi connectivity index (χ1) is 20.0. The number of piperazine rings is 1. The van der Waals surface area contributed by atoms with Crippen LogP contribution in [0.5, 0.6) is 0 Å². The number of carbonyl (C=O) groups is 1. The predicted molar refractivity (Wildman–Crippen MR) is 156 cm³/mol. The fourth-order valence-electron chi connectivity index (χ4n) is 5.05. The van der Waals surface area contributed by atoms with E-state index >= 15 is 0 Å². The van der Waals surface area contributed by atoms with Gasteiger partial charge < -0.3 is 16.0 Å². The third-order valence-electron chi connectivity index (χ3n) is 7.37. The Kier molecular flexibility index (Phi) is 8.20. The monoisotopic (exact) mass is 575 g/mol. The third kappa shape index (κ3) is 6.25. The average molecular weight is 576 g/mol. The van der Waals surface area contributed by atoms with Gasteiger partial charge in [0.05, 0.1) is 11.1 Å². The molecule has 0 radical (unpaired) electrons. The molecule has 0 unspecified atom stereocenters. The van der Waals surface area contributed by atoms with Gasteiger partial charge in [-0.1, -0.05) is 25.0 Å². The summed E-state index contributed by atoms with van der Waals surface area (Å²) in [5, 5.41) is 2.64. The van der Waals surface area contributed by atoms with E-state index in [1.165, 1.54) is 12.1 Å². The van der Waals surface area contributed by atoms with Gasteiger partial charge in [-0.15, -0.1) is 0 Å². The largest absolute Gasteiger partial charge is 0.416 e. The first-order valence-electron chi connectivity index (χ1n) is 13.7. The number of anilines is 2. The lowest BCUT2D eigenvalue weighted by atomic mass is 10.0. The number of nitrogens with zero attached hydrogens (tertiary/aromatic N) is 5. The number of likely N-dealkylation sites (N-methyl/N-ethyl adjacent to an activating group) is 1. The van der Waals surface area contributed by atoms with Gasteiger partial charge in [0.15, 0.2) is 5.82 Å². The van der Waals surface area contributed by atoms with Crippen molar-refractivity contribution in [3.05, 3.63) is 88.1 Å². The van der Waals surface area contributed by atoms with Crippen LogP contribution >= 0.6 is 0 Å². The molecule has 42 heavy (non-hydrogen) atoms. The van der Waals surface area contributed by atoms with Gasteiger partial charge in [0.2, 0.25) is 0 Å². The number of aromatic nitrogens is 3. The SMILES string of the molecule is CCc1nc(C#Cc2cc(C)ccc2C(=O)Nc2ccc(CN3CCN(C)CC3)c(C(F)(F)F)c2)c2c(N)nccn12. The number of imidazole rings is 1. The Morgan fingerprint density at radius 2 is 1.86 bits per heavy atom. The summed E-state index contributed by atoms with van der Waals surface area (Å²) >= 11 is 0. The maximum atomic E-state index is 14.1. The number of nitrogens with two attached hydrogens (primary N) is 1. The van der Waals surface area contributed by atoms with Crippen LogP contribution in [0, 0.1) is 18.8 Å². The number of aryl methyl sites for hydroxylation is 2. The smallest absolute Gasteiger partial charge is 0.382 e. The number of carbonyl (C=O) groups excluding carboxylic acids is 1. The van der Waals surface area contributed by atoms with Crippen LogP contribution in [0.15, 0.2) is 48.8 Å². The number of alkyl halides is 3. The van der Waals surface area contributed by atoms with Crippen LogP contribution in [0.2, 0.25) is 0 Å². The molecule has 0 bridgehead atoms. The molecule has 5 rings (SSSR count). The molecular formula is C31H32F3N7O. The van der Waals surface area contributed by atoms with E-state index in [1.54, 1.807) is 30.6 Å². The minimum atomic E-state index is -4.56. The maximum Gasteiger partial charge on any atom is 0.416 e. The highest BCUT2D eigenvalue weighted by molar-refractivity contribution is 6.06. The van der Waals surface area contributed by atoms with E-state index in [4.69, 9.17) is 5.73 Å². The molecule has 0 saturated carbocycles. The molecule has 218 valence electrons. The quantitative estimate of drug-likeness (QED) is 0.338. The Labute approximate surface area is 242 Å². The first-order valence-corrected chi connectivity index (χ1v) is 13.7. The summed E-state index contributed by atoms with van der Waals surface area (Å²) < 4.78 is 44.0. The Hall–Kier alpha value is -4.40. The summed E-state index contributed by atoms with van der Waals surface area (Å²) in [7, 11) is 2.00. The second kappa shape index (κ2) is 11.8. The van der Waals surface area contributed by atoms with Gasteiger partial charge in [0.25, 0.3) is 5.91 Å². The molecule has 1 aliphatic rings. The van der Waals surface area contributed by atoms with Crippen molar-refractivity contribution in [2.75, 3.05) is 44.3 Å². The summed E-state index contributed by atoms with van der Waals surface area (Å²) in [5.41, 5.74) is 8.10. The van der Waals surface area contributed by atoms with E-state index < -0.39 is 17.6 Å². The number of hydrogen-bond donors (Lipinski definition) is 2. The molecule has 1 aliphatic heterocycles. The zero-order valence-electron chi connectivity index (χ0n) is 23.7. The summed E-state index contributed by atoms with van der Waals surface area (Å²) in [6.45, 7) is 7.02. The van der Waals surface area contributed by atoms with Crippen LogP contribution in [0.3, 0.4) is 0 Å². The van der Waals surface area contributed by atoms with Crippen molar-refractivity contribution in [2.24, 2.45) is 0 Å². The van der Waals surface area contributed by atoms with Crippen molar-refractivity contribution in [1.82, 2.24) is 24.2 Å². The molecule has 2 aromatic heterocycles. The minimum Gasteiger partial charge on any atom is -0.382 e. The van der Waals surface area contributed by atoms with Crippen molar-refractivity contribution < 1.29 is 18.0 Å². The number of benzene rings is 2. The highest BCUT2D eigenvalue weighted by Gasteiger charge is 2.34. The van der Waals surface area contributed by atoms with Crippen molar-refractivity contribution in [2.45, 2.75) is 33.0 Å². The molecule has 0 atom stereocenters. The normalized spacial score (nSPS) is 14.5. The van der Waals surface area contributed by atoms with Gasteiger partial charge in [-0.25, -0.2) is 9.97 Å². The summed E-state index contributed by atoms with van der Waals surface area (Å²) in [4.78, 5) is 26.2. The second-order valence-electron chi connectivity index (χ2n) is 10.5. The number of fused-ring (bicyclic) bond motifs is 1. The molecule has 1 amide bonds. The molecule has 0 aliphatic carbocycles. The summed E-state index contributed by atoms with van der Waals surface area (Å²) in [6, 6.07) is 9.08. The summed E-state index contributed by atoms with van der Waals surface area (Å²) in [5.74, 6) is 6.54. The Morgan fingerprint density at radius 3 is 2.57 bits per heavy atom. The van der Waals surface area contributed by atoms with Gasteiger partial charge in [0.1, 0.15) is 17.0 Å². The lowest BCUT2D eigenvalue weighted by Crippen LogP contribution is -2.44. The van der Waals surface area contributed by atoms with Gasteiger partial charge in [-0.2, -0.15) is 13.2 Å². The van der Waals surface area contributed by atoms with Crippen LogP contribution in [-0.2, 0) is 19.1 Å². The first kappa shape index (κ1) is 29.1. The Morgan fingerprint density at radius 1 is 1.10 bits per heavy atom. The Balaban J connectivity index is 1.43. The van der Waals surface area contributed by atoms with Crippen molar-refractivity contribution in [1.29, 1.82) is 0 Å². The predicted octanol–water partition coefficient (Wildman–Crippen LogP) is 4.60. The number of nitrogen functional groups attached to an aromatic ring is 1. The zero-order valence-corrected chi connectivity index (χ0v) is 23.7. The zero-order chi connectivity index (χ0) is 30.0. The van der Waals surface area contributed by atoms with Gasteiger partial charge in [-0.3, -0.25) is 14.1 Å². The molecule has 2 aromatic carbocycles. The highest BCUT2D eigenvalue weighted by Crippen LogP contribution is 2.35. The van der Waals surface area contributed by atoms with Crippen molar-refractivity contribution in [3.63, 3.8) is 0 Å². The Bertz CT molecular complexity index is 1690. The van der Waals surface area contributed by atoms with Gasteiger partial charge in [-0.05, 0) is 55.3 Å². The van der Waals surface area contributed by atoms with Crippen LogP contribution in [0.4, 0.5) is 24.7 Å². The van der Waals surface area contributed by atoms with Crippen molar-refractivity contribution in [3.8, 4) is 11.8 Å². The van der Waals surface area contributed by atoms with Crippen LogP contribution in [0.25, 0.3) is 5.52 Å². The topological polar surface area (TPSA) is 91.8 Å². The van der Waals surface area contributed by atoms with Gasteiger partial charge in [0, 0.05) is 62.8 Å². The van der Waals surface area contributed by atoms with Gasteiger partial charge >= 0.3 is 6.18 Å². The third-order valence-corrected chi connectivity index (χ3v) is 7.37. The number of amides is 1. The number of nitrogens with one attached hydrogen (secondary N) is 1. The lowest BCUT2D eigenvalue weighted by molar-refractivity contribution is -0.138. The maximum absolute atomic E-state index is 14.1. The number of halogens is 3. The average Bonchev–Trinajstić information content (AvgIpc) is 3.32. The molecule has 3 N–H and O–H groups in total. The van der Waals surface area contributed by atoms with E-state index in [-0.39, 0.29) is 29.2 Å². The van der Waals surface area contributed by atoms with E-state index in [9.17, 15) is 18.0 Å². The fraction of sp³-hybridized carbons (Fsp3) is 0.323. The molecule has 3 heterocycles. The molecule has 8 nitrogen and oxygen atoms in total. The van der Waals surface area contributed by atoms with E-state index in [0.29, 0.717) is 36.3 Å². The van der Waals surface area contributed by atoms with Crippen molar-refractivity contribution >= 4 is 22.9 Å². The molecule has 1 saturated heterocycles. The van der Waals surface area contributed by atoms with Crippen LogP contribution in [0.1, 0.15) is 51.1 Å². The number of hydrogen-bond acceptors (Lipinski definition) is 6. The van der Waals surface area contributed by atoms with Crippen LogP contribution < -0.4 is 11.1 Å². The number of rotatable bonds is 5. The highest BCUT2D eigenvalue weighted by atomic mass is 19.4. The summed E-state index contributed by atoms with van der Waals surface area (Å²) in [6.07, 6.45) is -0.560. The lowest BCUT2D eigenvalue weighted by Gasteiger charge is -2.33. The molecular weight excluding hydrogens is 543 g/mol. The van der Waals surface area contributed by atoms with Crippen LogP contribution in [-0.4, -0.2) is 63.3 Å². The van der Waals surface area contributed by atoms with E-state index in [2.05, 4.69) is 32.0 Å². The molecule has 1 fully saturated rings.